The van der Waals surface area contributed by atoms with Crippen LogP contribution in [0.15, 0.2) is 29.4 Å². The Bertz CT molecular complexity index is 831. The Balaban J connectivity index is 1.86. The SMILES string of the molecule is NC(=NO)N1CCN(C(=O)C2CCS(=O)(=O)CC2)C(c2ccccc2F)C1. The summed E-state index contributed by atoms with van der Waals surface area (Å²) in [5, 5.41) is 11.9. The standard InChI is InChI=1S/C17H23FN4O4S/c18-14-4-2-1-3-13(14)15-11-21(17(19)20-24)7-8-22(15)16(23)12-5-9-27(25,26)10-6-12/h1-4,12,15,24H,5-11H2,(H2,19,20). The number of nitrogens with two attached hydrogens (primary N) is 1. The number of sulfone groups is 1. The third kappa shape index (κ3) is 4.15. The van der Waals surface area contributed by atoms with Crippen molar-refractivity contribution < 1.29 is 22.8 Å². The van der Waals surface area contributed by atoms with Gasteiger partial charge in [-0.05, 0) is 18.9 Å². The van der Waals surface area contributed by atoms with Gasteiger partial charge in [0.25, 0.3) is 0 Å². The van der Waals surface area contributed by atoms with Crippen LogP contribution in [0, 0.1) is 11.7 Å². The molecule has 0 radical (unpaired) electrons. The number of carbonyl (C=O) groups excluding carboxylic acids is 1. The van der Waals surface area contributed by atoms with Crippen molar-refractivity contribution in [3.8, 4) is 0 Å². The number of carbonyl (C=O) groups is 1. The number of benzene rings is 1. The summed E-state index contributed by atoms with van der Waals surface area (Å²) < 4.78 is 37.7. The van der Waals surface area contributed by atoms with Crippen LogP contribution in [0.25, 0.3) is 0 Å². The van der Waals surface area contributed by atoms with Gasteiger partial charge in [0.2, 0.25) is 11.9 Å². The molecule has 2 heterocycles. The lowest BCUT2D eigenvalue weighted by Crippen LogP contribution is -2.55. The molecule has 3 rings (SSSR count). The van der Waals surface area contributed by atoms with Crippen molar-refractivity contribution >= 4 is 21.7 Å². The molecule has 1 unspecified atom stereocenters. The number of halogens is 1. The van der Waals surface area contributed by atoms with Gasteiger partial charge in [-0.3, -0.25) is 4.79 Å². The topological polar surface area (TPSA) is 116 Å². The lowest BCUT2D eigenvalue weighted by molar-refractivity contribution is -0.140. The minimum absolute atomic E-state index is 0.00213. The van der Waals surface area contributed by atoms with E-state index >= 15 is 0 Å². The van der Waals surface area contributed by atoms with E-state index in [4.69, 9.17) is 10.9 Å². The Morgan fingerprint density at radius 1 is 1.22 bits per heavy atom. The van der Waals surface area contributed by atoms with Gasteiger partial charge >= 0.3 is 0 Å². The zero-order valence-electron chi connectivity index (χ0n) is 14.8. The third-order valence-electron chi connectivity index (χ3n) is 5.26. The van der Waals surface area contributed by atoms with E-state index in [1.165, 1.54) is 6.07 Å². The summed E-state index contributed by atoms with van der Waals surface area (Å²) in [6, 6.07) is 5.60. The maximum atomic E-state index is 14.4. The van der Waals surface area contributed by atoms with Crippen molar-refractivity contribution in [2.24, 2.45) is 16.8 Å². The van der Waals surface area contributed by atoms with Crippen LogP contribution in [-0.2, 0) is 14.6 Å². The van der Waals surface area contributed by atoms with Gasteiger partial charge in [0, 0.05) is 31.1 Å². The first kappa shape index (κ1) is 19.4. The van der Waals surface area contributed by atoms with Crippen LogP contribution in [0.2, 0.25) is 0 Å². The number of rotatable bonds is 2. The van der Waals surface area contributed by atoms with Gasteiger partial charge in [-0.25, -0.2) is 12.8 Å². The van der Waals surface area contributed by atoms with Crippen molar-refractivity contribution in [2.45, 2.75) is 18.9 Å². The minimum atomic E-state index is -3.07. The second-order valence-corrected chi connectivity index (χ2v) is 9.20. The molecule has 0 bridgehead atoms. The molecular formula is C17H23FN4O4S. The lowest BCUT2D eigenvalue weighted by atomic mass is 9.96. The van der Waals surface area contributed by atoms with Crippen molar-refractivity contribution in [3.05, 3.63) is 35.6 Å². The normalized spacial score (nSPS) is 24.0. The van der Waals surface area contributed by atoms with Crippen molar-refractivity contribution in [3.63, 3.8) is 0 Å². The minimum Gasteiger partial charge on any atom is -0.408 e. The second-order valence-electron chi connectivity index (χ2n) is 6.90. The fourth-order valence-corrected chi connectivity index (χ4v) is 5.19. The summed E-state index contributed by atoms with van der Waals surface area (Å²) in [5.41, 5.74) is 6.03. The first-order chi connectivity index (χ1) is 12.8. The molecule has 2 aliphatic heterocycles. The summed E-state index contributed by atoms with van der Waals surface area (Å²) in [5.74, 6) is -1.09. The molecule has 1 aromatic carbocycles. The van der Waals surface area contributed by atoms with E-state index < -0.39 is 27.6 Å². The van der Waals surface area contributed by atoms with Gasteiger partial charge in [0.05, 0.1) is 17.5 Å². The number of nitrogens with zero attached hydrogens (tertiary/aromatic N) is 3. The predicted molar refractivity (Wildman–Crippen MR) is 97.2 cm³/mol. The third-order valence-corrected chi connectivity index (χ3v) is 6.97. The van der Waals surface area contributed by atoms with Crippen LogP contribution in [0.4, 0.5) is 4.39 Å². The van der Waals surface area contributed by atoms with Crippen LogP contribution in [0.1, 0.15) is 24.4 Å². The quantitative estimate of drug-likeness (QED) is 0.325. The van der Waals surface area contributed by atoms with Gasteiger partial charge in [-0.2, -0.15) is 0 Å². The number of amides is 1. The van der Waals surface area contributed by atoms with Crippen molar-refractivity contribution in [2.75, 3.05) is 31.1 Å². The van der Waals surface area contributed by atoms with Crippen LogP contribution < -0.4 is 5.73 Å². The molecule has 1 aromatic rings. The summed E-state index contributed by atoms with van der Waals surface area (Å²) in [6.45, 7) is 0.808. The molecule has 0 aliphatic carbocycles. The Labute approximate surface area is 157 Å². The molecule has 0 saturated carbocycles. The van der Waals surface area contributed by atoms with Crippen molar-refractivity contribution in [1.82, 2.24) is 9.80 Å². The van der Waals surface area contributed by atoms with Gasteiger partial charge in [0.15, 0.2) is 0 Å². The van der Waals surface area contributed by atoms with E-state index in [-0.39, 0.29) is 49.3 Å². The summed E-state index contributed by atoms with van der Waals surface area (Å²) in [4.78, 5) is 16.3. The fourth-order valence-electron chi connectivity index (χ4n) is 3.70. The molecule has 1 amide bonds. The summed E-state index contributed by atoms with van der Waals surface area (Å²) in [7, 11) is -3.07. The molecule has 10 heteroatoms. The van der Waals surface area contributed by atoms with E-state index in [1.807, 2.05) is 0 Å². The van der Waals surface area contributed by atoms with Gasteiger partial charge in [0.1, 0.15) is 15.7 Å². The molecule has 27 heavy (non-hydrogen) atoms. The largest absolute Gasteiger partial charge is 0.408 e. The van der Waals surface area contributed by atoms with Crippen LogP contribution in [0.3, 0.4) is 0 Å². The highest BCUT2D eigenvalue weighted by atomic mass is 32.2. The zero-order chi connectivity index (χ0) is 19.6. The van der Waals surface area contributed by atoms with E-state index in [0.717, 1.165) is 0 Å². The lowest BCUT2D eigenvalue weighted by Gasteiger charge is -2.43. The Kier molecular flexibility index (Phi) is 5.54. The van der Waals surface area contributed by atoms with Crippen LogP contribution >= 0.6 is 0 Å². The van der Waals surface area contributed by atoms with Crippen LogP contribution in [-0.4, -0.2) is 66.4 Å². The first-order valence-corrected chi connectivity index (χ1v) is 10.6. The molecule has 3 N–H and O–H groups in total. The van der Waals surface area contributed by atoms with Crippen molar-refractivity contribution in [1.29, 1.82) is 0 Å². The van der Waals surface area contributed by atoms with E-state index in [2.05, 4.69) is 5.16 Å². The van der Waals surface area contributed by atoms with E-state index in [9.17, 15) is 17.6 Å². The summed E-state index contributed by atoms with van der Waals surface area (Å²) in [6.07, 6.45) is 0.567. The van der Waals surface area contributed by atoms with Gasteiger partial charge < -0.3 is 20.7 Å². The average molecular weight is 398 g/mol. The Morgan fingerprint density at radius 3 is 2.52 bits per heavy atom. The molecule has 0 spiro atoms. The predicted octanol–water partition coefficient (Wildman–Crippen LogP) is 0.540. The average Bonchev–Trinajstić information content (AvgIpc) is 2.67. The maximum absolute atomic E-state index is 14.4. The van der Waals surface area contributed by atoms with E-state index in [0.29, 0.717) is 12.1 Å². The molecule has 148 valence electrons. The van der Waals surface area contributed by atoms with Crippen LogP contribution in [0.5, 0.6) is 0 Å². The molecule has 2 fully saturated rings. The maximum Gasteiger partial charge on any atom is 0.233 e. The molecule has 2 aliphatic rings. The molecule has 1 atom stereocenters. The number of guanidine groups is 1. The highest BCUT2D eigenvalue weighted by Gasteiger charge is 2.38. The Morgan fingerprint density at radius 2 is 1.89 bits per heavy atom. The number of hydrogen-bond donors (Lipinski definition) is 2. The van der Waals surface area contributed by atoms with Gasteiger partial charge in [-0.15, -0.1) is 0 Å². The second kappa shape index (κ2) is 7.71. The number of piperazine rings is 1. The number of hydrogen-bond acceptors (Lipinski definition) is 5. The van der Waals surface area contributed by atoms with E-state index in [1.54, 1.807) is 28.0 Å². The molecule has 2 saturated heterocycles. The zero-order valence-corrected chi connectivity index (χ0v) is 15.6. The summed E-state index contributed by atoms with van der Waals surface area (Å²) >= 11 is 0. The molecule has 0 aromatic heterocycles. The number of oxime groups is 1. The molecular weight excluding hydrogens is 375 g/mol. The monoisotopic (exact) mass is 398 g/mol. The molecule has 8 nitrogen and oxygen atoms in total. The van der Waals surface area contributed by atoms with Gasteiger partial charge in [-0.1, -0.05) is 23.4 Å². The fraction of sp³-hybridized carbons (Fsp3) is 0.529. The Hall–Kier alpha value is -2.36. The highest BCUT2D eigenvalue weighted by molar-refractivity contribution is 7.91. The highest BCUT2D eigenvalue weighted by Crippen LogP contribution is 2.31. The smallest absolute Gasteiger partial charge is 0.233 e. The first-order valence-electron chi connectivity index (χ1n) is 8.80.